The summed E-state index contributed by atoms with van der Waals surface area (Å²) in [7, 11) is 0. The first kappa shape index (κ1) is 17.3. The first-order valence-corrected chi connectivity index (χ1v) is 8.18. The van der Waals surface area contributed by atoms with Crippen LogP contribution in [-0.2, 0) is 6.42 Å². The van der Waals surface area contributed by atoms with Gasteiger partial charge in [0.2, 0.25) is 0 Å². The molecular formula is C17H28ClNO. The number of benzene rings is 1. The van der Waals surface area contributed by atoms with Crippen molar-refractivity contribution in [2.45, 2.75) is 64.8 Å². The molecule has 0 aliphatic carbocycles. The maximum atomic E-state index is 6.23. The molecule has 0 aliphatic rings. The van der Waals surface area contributed by atoms with Crippen molar-refractivity contribution in [3.8, 4) is 5.75 Å². The van der Waals surface area contributed by atoms with Gasteiger partial charge in [-0.3, -0.25) is 0 Å². The Morgan fingerprint density at radius 1 is 1.15 bits per heavy atom. The first-order valence-electron chi connectivity index (χ1n) is 7.80. The fraction of sp³-hybridized carbons (Fsp3) is 0.647. The van der Waals surface area contributed by atoms with Crippen molar-refractivity contribution < 1.29 is 4.74 Å². The molecule has 0 saturated carbocycles. The molecule has 0 saturated heterocycles. The van der Waals surface area contributed by atoms with Crippen molar-refractivity contribution in [3.05, 3.63) is 28.8 Å². The second-order valence-corrected chi connectivity index (χ2v) is 5.97. The average molecular weight is 298 g/mol. The van der Waals surface area contributed by atoms with Crippen LogP contribution in [0.1, 0.15) is 57.9 Å². The molecule has 0 spiro atoms. The number of hydrogen-bond acceptors (Lipinski definition) is 2. The molecule has 3 heteroatoms. The second kappa shape index (κ2) is 10.1. The van der Waals surface area contributed by atoms with Gasteiger partial charge in [0.05, 0.1) is 11.6 Å². The Morgan fingerprint density at radius 3 is 2.50 bits per heavy atom. The molecule has 114 valence electrons. The Balaban J connectivity index is 2.26. The standard InChI is InChI=1S/C17H28ClNO/c1-3-4-5-6-7-8-11-20-17-10-9-15(12-14(2)19)13-16(17)18/h9-10,13-14H,3-8,11-12,19H2,1-2H3. The van der Waals surface area contributed by atoms with E-state index in [9.17, 15) is 0 Å². The number of ether oxygens (including phenoxy) is 1. The normalized spacial score (nSPS) is 12.4. The predicted octanol–water partition coefficient (Wildman–Crippen LogP) is 4.97. The lowest BCUT2D eigenvalue weighted by Crippen LogP contribution is -2.17. The minimum atomic E-state index is 0.154. The minimum Gasteiger partial charge on any atom is -0.492 e. The maximum Gasteiger partial charge on any atom is 0.137 e. The van der Waals surface area contributed by atoms with E-state index in [1.165, 1.54) is 32.1 Å². The van der Waals surface area contributed by atoms with E-state index in [4.69, 9.17) is 22.1 Å². The van der Waals surface area contributed by atoms with E-state index in [1.54, 1.807) is 0 Å². The Hall–Kier alpha value is -0.730. The average Bonchev–Trinajstić information content (AvgIpc) is 2.39. The highest BCUT2D eigenvalue weighted by Crippen LogP contribution is 2.26. The third-order valence-electron chi connectivity index (χ3n) is 3.31. The molecule has 2 N–H and O–H groups in total. The van der Waals surface area contributed by atoms with Gasteiger partial charge in [-0.15, -0.1) is 0 Å². The van der Waals surface area contributed by atoms with Gasteiger partial charge in [-0.1, -0.05) is 56.7 Å². The molecule has 0 bridgehead atoms. The van der Waals surface area contributed by atoms with Crippen LogP contribution in [0.4, 0.5) is 0 Å². The van der Waals surface area contributed by atoms with E-state index in [-0.39, 0.29) is 6.04 Å². The van der Waals surface area contributed by atoms with Crippen LogP contribution in [0.3, 0.4) is 0 Å². The van der Waals surface area contributed by atoms with Crippen molar-refractivity contribution in [2.75, 3.05) is 6.61 Å². The maximum absolute atomic E-state index is 6.23. The summed E-state index contributed by atoms with van der Waals surface area (Å²) in [5.74, 6) is 0.786. The van der Waals surface area contributed by atoms with Crippen molar-refractivity contribution in [3.63, 3.8) is 0 Å². The van der Waals surface area contributed by atoms with Crippen LogP contribution in [0.25, 0.3) is 0 Å². The van der Waals surface area contributed by atoms with Gasteiger partial charge in [-0.05, 0) is 37.5 Å². The highest BCUT2D eigenvalue weighted by atomic mass is 35.5. The quantitative estimate of drug-likeness (QED) is 0.619. The van der Waals surface area contributed by atoms with Crippen molar-refractivity contribution >= 4 is 11.6 Å². The van der Waals surface area contributed by atoms with Gasteiger partial charge in [0.1, 0.15) is 5.75 Å². The van der Waals surface area contributed by atoms with Crippen LogP contribution in [0.5, 0.6) is 5.75 Å². The summed E-state index contributed by atoms with van der Waals surface area (Å²) in [5.41, 5.74) is 6.95. The van der Waals surface area contributed by atoms with E-state index in [2.05, 4.69) is 6.92 Å². The van der Waals surface area contributed by atoms with Gasteiger partial charge in [-0.25, -0.2) is 0 Å². The number of halogens is 1. The predicted molar refractivity (Wildman–Crippen MR) is 87.7 cm³/mol. The summed E-state index contributed by atoms with van der Waals surface area (Å²) >= 11 is 6.23. The van der Waals surface area contributed by atoms with Crippen molar-refractivity contribution in [1.82, 2.24) is 0 Å². The lowest BCUT2D eigenvalue weighted by molar-refractivity contribution is 0.304. The molecule has 0 heterocycles. The molecular weight excluding hydrogens is 270 g/mol. The lowest BCUT2D eigenvalue weighted by Gasteiger charge is -2.10. The van der Waals surface area contributed by atoms with Gasteiger partial charge < -0.3 is 10.5 Å². The van der Waals surface area contributed by atoms with Crippen LogP contribution in [-0.4, -0.2) is 12.6 Å². The molecule has 1 unspecified atom stereocenters. The Labute approximate surface area is 128 Å². The summed E-state index contributed by atoms with van der Waals surface area (Å²) in [4.78, 5) is 0. The zero-order valence-electron chi connectivity index (χ0n) is 12.8. The number of hydrogen-bond donors (Lipinski definition) is 1. The Kier molecular flexibility index (Phi) is 8.72. The molecule has 0 aliphatic heterocycles. The molecule has 0 amide bonds. The monoisotopic (exact) mass is 297 g/mol. The summed E-state index contributed by atoms with van der Waals surface area (Å²) in [6.07, 6.45) is 8.45. The third kappa shape index (κ3) is 7.16. The summed E-state index contributed by atoms with van der Waals surface area (Å²) < 4.78 is 5.74. The molecule has 1 aromatic carbocycles. The van der Waals surface area contributed by atoms with E-state index in [0.29, 0.717) is 5.02 Å². The number of unbranched alkanes of at least 4 members (excludes halogenated alkanes) is 5. The van der Waals surface area contributed by atoms with Gasteiger partial charge in [0.15, 0.2) is 0 Å². The summed E-state index contributed by atoms with van der Waals surface area (Å²) in [6, 6.07) is 6.12. The van der Waals surface area contributed by atoms with E-state index in [1.807, 2.05) is 25.1 Å². The molecule has 0 radical (unpaired) electrons. The van der Waals surface area contributed by atoms with Crippen molar-refractivity contribution in [1.29, 1.82) is 0 Å². The topological polar surface area (TPSA) is 35.2 Å². The second-order valence-electron chi connectivity index (χ2n) is 5.56. The van der Waals surface area contributed by atoms with Crippen LogP contribution in [0.15, 0.2) is 18.2 Å². The summed E-state index contributed by atoms with van der Waals surface area (Å²) in [5, 5.41) is 0.689. The molecule has 1 aromatic rings. The zero-order chi connectivity index (χ0) is 14.8. The molecule has 20 heavy (non-hydrogen) atoms. The highest BCUT2D eigenvalue weighted by Gasteiger charge is 2.04. The number of rotatable bonds is 10. The smallest absolute Gasteiger partial charge is 0.137 e. The lowest BCUT2D eigenvalue weighted by atomic mass is 10.1. The van der Waals surface area contributed by atoms with Crippen LogP contribution >= 0.6 is 11.6 Å². The fourth-order valence-electron chi connectivity index (χ4n) is 2.22. The fourth-order valence-corrected chi connectivity index (χ4v) is 2.48. The molecule has 1 rings (SSSR count). The van der Waals surface area contributed by atoms with Gasteiger partial charge >= 0.3 is 0 Å². The van der Waals surface area contributed by atoms with E-state index < -0.39 is 0 Å². The molecule has 1 atom stereocenters. The number of nitrogens with two attached hydrogens (primary N) is 1. The molecule has 0 fully saturated rings. The van der Waals surface area contributed by atoms with Crippen LogP contribution < -0.4 is 10.5 Å². The molecule has 0 aromatic heterocycles. The van der Waals surface area contributed by atoms with Crippen LogP contribution in [0.2, 0.25) is 5.02 Å². The Morgan fingerprint density at radius 2 is 1.85 bits per heavy atom. The van der Waals surface area contributed by atoms with E-state index >= 15 is 0 Å². The highest BCUT2D eigenvalue weighted by molar-refractivity contribution is 6.32. The van der Waals surface area contributed by atoms with Gasteiger partial charge in [-0.2, -0.15) is 0 Å². The third-order valence-corrected chi connectivity index (χ3v) is 3.60. The largest absolute Gasteiger partial charge is 0.492 e. The molecule has 2 nitrogen and oxygen atoms in total. The zero-order valence-corrected chi connectivity index (χ0v) is 13.6. The van der Waals surface area contributed by atoms with Gasteiger partial charge in [0, 0.05) is 6.04 Å². The SMILES string of the molecule is CCCCCCCCOc1ccc(CC(C)N)cc1Cl. The summed E-state index contributed by atoms with van der Waals surface area (Å²) in [6.45, 7) is 4.98. The van der Waals surface area contributed by atoms with Crippen molar-refractivity contribution in [2.24, 2.45) is 5.73 Å². The van der Waals surface area contributed by atoms with Gasteiger partial charge in [0.25, 0.3) is 0 Å². The minimum absolute atomic E-state index is 0.154. The first-order chi connectivity index (χ1) is 9.63. The Bertz CT molecular complexity index is 379. The van der Waals surface area contributed by atoms with Crippen LogP contribution in [0, 0.1) is 0 Å². The van der Waals surface area contributed by atoms with E-state index in [0.717, 1.165) is 30.8 Å².